The van der Waals surface area contributed by atoms with Gasteiger partial charge in [-0.1, -0.05) is 53.5 Å². The van der Waals surface area contributed by atoms with E-state index in [9.17, 15) is 14.4 Å². The summed E-state index contributed by atoms with van der Waals surface area (Å²) < 4.78 is 0.818. The van der Waals surface area contributed by atoms with Gasteiger partial charge < -0.3 is 0 Å². The number of benzene rings is 3. The van der Waals surface area contributed by atoms with Crippen molar-refractivity contribution >= 4 is 44.3 Å². The molecule has 1 aliphatic rings. The number of imide groups is 1. The van der Waals surface area contributed by atoms with Gasteiger partial charge in [0, 0.05) is 38.7 Å². The van der Waals surface area contributed by atoms with E-state index >= 15 is 0 Å². The van der Waals surface area contributed by atoms with Gasteiger partial charge in [-0.25, -0.2) is 0 Å². The van der Waals surface area contributed by atoms with Gasteiger partial charge in [-0.05, 0) is 42.1 Å². The second kappa shape index (κ2) is 7.32. The molecule has 0 atom stereocenters. The Morgan fingerprint density at radius 1 is 0.964 bits per heavy atom. The fourth-order valence-corrected chi connectivity index (χ4v) is 4.05. The van der Waals surface area contributed by atoms with Crippen molar-refractivity contribution in [3.63, 3.8) is 0 Å². The third-order valence-corrected chi connectivity index (χ3v) is 5.55. The molecule has 4 nitrogen and oxygen atoms in total. The van der Waals surface area contributed by atoms with Gasteiger partial charge in [0.05, 0.1) is 0 Å². The number of unbranched alkanes of at least 4 members (excludes halogenated alkanes) is 1. The fraction of sp³-hybridized carbons (Fsp3) is 0.174. The Morgan fingerprint density at radius 3 is 2.39 bits per heavy atom. The van der Waals surface area contributed by atoms with Gasteiger partial charge in [0.25, 0.3) is 11.8 Å². The maximum atomic E-state index is 13.1. The molecule has 0 saturated heterocycles. The molecule has 0 radical (unpaired) electrons. The van der Waals surface area contributed by atoms with E-state index in [-0.39, 0.29) is 17.6 Å². The second-order valence-corrected chi connectivity index (χ2v) is 7.76. The number of amides is 2. The van der Waals surface area contributed by atoms with Crippen LogP contribution in [0.5, 0.6) is 0 Å². The van der Waals surface area contributed by atoms with Crippen LogP contribution in [0.1, 0.15) is 56.4 Å². The molecule has 0 aromatic heterocycles. The van der Waals surface area contributed by atoms with Gasteiger partial charge in [-0.15, -0.1) is 0 Å². The van der Waals surface area contributed by atoms with Crippen molar-refractivity contribution in [1.29, 1.82) is 0 Å². The average Bonchev–Trinajstić information content (AvgIpc) is 2.71. The molecule has 1 heterocycles. The smallest absolute Gasteiger partial charge is 0.261 e. The van der Waals surface area contributed by atoms with E-state index in [1.165, 1.54) is 4.90 Å². The first-order chi connectivity index (χ1) is 13.5. The monoisotopic (exact) mass is 435 g/mol. The summed E-state index contributed by atoms with van der Waals surface area (Å²) in [6, 6.07) is 15.8. The molecule has 5 heteroatoms. The summed E-state index contributed by atoms with van der Waals surface area (Å²) in [4.78, 5) is 40.3. The number of hydrogen-bond donors (Lipinski definition) is 0. The number of rotatable bonds is 5. The van der Waals surface area contributed by atoms with Gasteiger partial charge in [0.1, 0.15) is 0 Å². The highest BCUT2D eigenvalue weighted by Crippen LogP contribution is 2.33. The molecule has 0 unspecified atom stereocenters. The lowest BCUT2D eigenvalue weighted by Gasteiger charge is -2.27. The van der Waals surface area contributed by atoms with Crippen LogP contribution in [0, 0.1) is 0 Å². The molecule has 0 fully saturated rings. The van der Waals surface area contributed by atoms with Gasteiger partial charge in [0.2, 0.25) is 0 Å². The first-order valence-electron chi connectivity index (χ1n) is 9.25. The summed E-state index contributed by atoms with van der Waals surface area (Å²) in [6.45, 7) is 2.43. The minimum atomic E-state index is -0.288. The Bertz CT molecular complexity index is 1110. The van der Waals surface area contributed by atoms with E-state index < -0.39 is 0 Å². The summed E-state index contributed by atoms with van der Waals surface area (Å²) in [5.41, 5.74) is 1.99. The molecule has 3 aromatic carbocycles. The number of ketones is 1. The standard InChI is InChI=1S/C23H18BrNO3/c1-2-3-12-25-22(27)18-9-5-8-16-17(10-11-19(20(16)18)23(25)28)21(26)14-6-4-7-15(24)13-14/h4-11,13H,2-3,12H2,1H3. The lowest BCUT2D eigenvalue weighted by molar-refractivity contribution is 0.0608. The minimum absolute atomic E-state index is 0.140. The zero-order valence-corrected chi connectivity index (χ0v) is 17.0. The summed E-state index contributed by atoms with van der Waals surface area (Å²) in [7, 11) is 0. The Balaban J connectivity index is 1.88. The molecule has 4 rings (SSSR count). The normalized spacial score (nSPS) is 13.3. The van der Waals surface area contributed by atoms with E-state index in [1.807, 2.05) is 13.0 Å². The highest BCUT2D eigenvalue weighted by Gasteiger charge is 2.33. The second-order valence-electron chi connectivity index (χ2n) is 6.84. The third-order valence-electron chi connectivity index (χ3n) is 5.06. The first kappa shape index (κ1) is 18.6. The van der Waals surface area contributed by atoms with Crippen molar-refractivity contribution in [3.05, 3.63) is 81.3 Å². The minimum Gasteiger partial charge on any atom is -0.289 e. The summed E-state index contributed by atoms with van der Waals surface area (Å²) in [6.07, 6.45) is 1.66. The molecule has 0 bridgehead atoms. The number of nitrogens with zero attached hydrogens (tertiary/aromatic N) is 1. The molecule has 0 saturated carbocycles. The van der Waals surface area contributed by atoms with Crippen LogP contribution in [-0.4, -0.2) is 29.0 Å². The van der Waals surface area contributed by atoms with Crippen LogP contribution < -0.4 is 0 Å². The van der Waals surface area contributed by atoms with Crippen LogP contribution in [-0.2, 0) is 0 Å². The summed E-state index contributed by atoms with van der Waals surface area (Å²) in [5.74, 6) is -0.717. The zero-order valence-electron chi connectivity index (χ0n) is 15.4. The van der Waals surface area contributed by atoms with Crippen molar-refractivity contribution in [3.8, 4) is 0 Å². The Labute approximate surface area is 171 Å². The van der Waals surface area contributed by atoms with Crippen LogP contribution in [0.4, 0.5) is 0 Å². The van der Waals surface area contributed by atoms with Crippen LogP contribution in [0.25, 0.3) is 10.8 Å². The number of carbonyl (C=O) groups excluding carboxylic acids is 3. The van der Waals surface area contributed by atoms with Crippen molar-refractivity contribution in [2.45, 2.75) is 19.8 Å². The van der Waals surface area contributed by atoms with E-state index in [1.54, 1.807) is 48.5 Å². The number of carbonyl (C=O) groups is 3. The quantitative estimate of drug-likeness (QED) is 0.407. The lowest BCUT2D eigenvalue weighted by atomic mass is 9.89. The Morgan fingerprint density at radius 2 is 1.68 bits per heavy atom. The molecule has 1 aliphatic heterocycles. The Hall–Kier alpha value is -2.79. The zero-order chi connectivity index (χ0) is 19.8. The SMILES string of the molecule is CCCCN1C(=O)c2cccc3c(C(=O)c4cccc(Br)c4)ccc(c23)C1=O. The predicted molar refractivity (Wildman–Crippen MR) is 112 cm³/mol. The largest absolute Gasteiger partial charge is 0.289 e. The summed E-state index contributed by atoms with van der Waals surface area (Å²) >= 11 is 3.39. The molecular weight excluding hydrogens is 418 g/mol. The topological polar surface area (TPSA) is 54.5 Å². The predicted octanol–water partition coefficient (Wildman–Crippen LogP) is 5.23. The first-order valence-corrected chi connectivity index (χ1v) is 10.0. The fourth-order valence-electron chi connectivity index (χ4n) is 3.65. The van der Waals surface area contributed by atoms with Crippen molar-refractivity contribution < 1.29 is 14.4 Å². The molecule has 0 spiro atoms. The van der Waals surface area contributed by atoms with Gasteiger partial charge in [-0.2, -0.15) is 0 Å². The van der Waals surface area contributed by atoms with Gasteiger partial charge in [0.15, 0.2) is 5.78 Å². The highest BCUT2D eigenvalue weighted by atomic mass is 79.9. The molecule has 140 valence electrons. The van der Waals surface area contributed by atoms with Crippen LogP contribution in [0.2, 0.25) is 0 Å². The van der Waals surface area contributed by atoms with Gasteiger partial charge >= 0.3 is 0 Å². The molecule has 0 aliphatic carbocycles. The lowest BCUT2D eigenvalue weighted by Crippen LogP contribution is -2.40. The summed E-state index contributed by atoms with van der Waals surface area (Å²) in [5, 5.41) is 1.21. The van der Waals surface area contributed by atoms with Gasteiger partial charge in [-0.3, -0.25) is 19.3 Å². The van der Waals surface area contributed by atoms with Crippen LogP contribution in [0.3, 0.4) is 0 Å². The van der Waals surface area contributed by atoms with E-state index in [0.29, 0.717) is 39.6 Å². The van der Waals surface area contributed by atoms with Crippen molar-refractivity contribution in [2.75, 3.05) is 6.54 Å². The maximum absolute atomic E-state index is 13.1. The maximum Gasteiger partial charge on any atom is 0.261 e. The molecule has 3 aromatic rings. The Kier molecular flexibility index (Phi) is 4.85. The molecule has 2 amide bonds. The number of halogens is 1. The van der Waals surface area contributed by atoms with E-state index in [4.69, 9.17) is 0 Å². The third kappa shape index (κ3) is 2.96. The average molecular weight is 436 g/mol. The molecular formula is C23H18BrNO3. The van der Waals surface area contributed by atoms with Crippen LogP contribution >= 0.6 is 15.9 Å². The molecule has 0 N–H and O–H groups in total. The van der Waals surface area contributed by atoms with Crippen molar-refractivity contribution in [1.82, 2.24) is 4.90 Å². The van der Waals surface area contributed by atoms with E-state index in [2.05, 4.69) is 15.9 Å². The highest BCUT2D eigenvalue weighted by molar-refractivity contribution is 9.10. The van der Waals surface area contributed by atoms with E-state index in [0.717, 1.165) is 17.3 Å². The number of hydrogen-bond acceptors (Lipinski definition) is 3. The molecule has 28 heavy (non-hydrogen) atoms. The van der Waals surface area contributed by atoms with Crippen LogP contribution in [0.15, 0.2) is 59.1 Å². The van der Waals surface area contributed by atoms with Crippen molar-refractivity contribution in [2.24, 2.45) is 0 Å².